The summed E-state index contributed by atoms with van der Waals surface area (Å²) in [4.78, 5) is 12.0. The Labute approximate surface area is 127 Å². The summed E-state index contributed by atoms with van der Waals surface area (Å²) >= 11 is 0. The fraction of sp³-hybridized carbons (Fsp3) is 0.588. The predicted molar refractivity (Wildman–Crippen MR) is 84.3 cm³/mol. The Morgan fingerprint density at radius 3 is 2.71 bits per heavy atom. The zero-order valence-electron chi connectivity index (χ0n) is 12.8. The molecule has 4 heteroatoms. The molecule has 1 aliphatic carbocycles. The molecule has 1 aliphatic rings. The average molecular weight is 290 g/mol. The van der Waals surface area contributed by atoms with E-state index in [1.54, 1.807) is 0 Å². The highest BCUT2D eigenvalue weighted by atomic mass is 16.5. The van der Waals surface area contributed by atoms with Crippen LogP contribution in [0.15, 0.2) is 24.3 Å². The number of nitrogens with two attached hydrogens (primary N) is 1. The highest BCUT2D eigenvalue weighted by molar-refractivity contribution is 5.95. The van der Waals surface area contributed by atoms with E-state index in [0.29, 0.717) is 25.3 Å². The molecule has 0 atom stereocenters. The van der Waals surface area contributed by atoms with Crippen LogP contribution in [0.4, 0.5) is 0 Å². The van der Waals surface area contributed by atoms with E-state index in [4.69, 9.17) is 10.5 Å². The highest BCUT2D eigenvalue weighted by Crippen LogP contribution is 2.19. The van der Waals surface area contributed by atoms with E-state index in [0.717, 1.165) is 43.2 Å². The van der Waals surface area contributed by atoms with E-state index in [1.165, 1.54) is 0 Å². The molecule has 1 fully saturated rings. The van der Waals surface area contributed by atoms with Crippen LogP contribution in [0.3, 0.4) is 0 Å². The smallest absolute Gasteiger partial charge is 0.251 e. The number of ether oxygens (including phenoxy) is 1. The van der Waals surface area contributed by atoms with E-state index in [2.05, 4.69) is 5.32 Å². The summed E-state index contributed by atoms with van der Waals surface area (Å²) in [5.74, 6) is -0.00302. The average Bonchev–Trinajstić information content (AvgIpc) is 2.49. The fourth-order valence-electron chi connectivity index (χ4n) is 2.70. The van der Waals surface area contributed by atoms with Crippen molar-refractivity contribution in [3.8, 4) is 0 Å². The lowest BCUT2D eigenvalue weighted by atomic mass is 9.94. The van der Waals surface area contributed by atoms with Crippen LogP contribution in [0, 0.1) is 6.92 Å². The van der Waals surface area contributed by atoms with E-state index in [-0.39, 0.29) is 5.91 Å². The fourth-order valence-corrected chi connectivity index (χ4v) is 2.70. The minimum Gasteiger partial charge on any atom is -0.378 e. The quantitative estimate of drug-likeness (QED) is 0.791. The maximum absolute atomic E-state index is 12.0. The van der Waals surface area contributed by atoms with E-state index in [1.807, 2.05) is 31.2 Å². The zero-order chi connectivity index (χ0) is 15.1. The maximum Gasteiger partial charge on any atom is 0.251 e. The van der Waals surface area contributed by atoms with Crippen molar-refractivity contribution in [1.82, 2.24) is 5.32 Å². The van der Waals surface area contributed by atoms with Crippen LogP contribution in [0.2, 0.25) is 0 Å². The van der Waals surface area contributed by atoms with E-state index in [9.17, 15) is 4.79 Å². The van der Waals surface area contributed by atoms with Crippen molar-refractivity contribution in [3.05, 3.63) is 35.4 Å². The second kappa shape index (κ2) is 8.15. The normalized spacial score (nSPS) is 22.0. The third kappa shape index (κ3) is 5.14. The van der Waals surface area contributed by atoms with Crippen LogP contribution in [0.1, 0.15) is 48.0 Å². The Bertz CT molecular complexity index is 454. The Kier molecular flexibility index (Phi) is 6.21. The Morgan fingerprint density at radius 2 is 2.00 bits per heavy atom. The van der Waals surface area contributed by atoms with Gasteiger partial charge in [0, 0.05) is 24.8 Å². The van der Waals surface area contributed by atoms with Gasteiger partial charge in [-0.25, -0.2) is 0 Å². The van der Waals surface area contributed by atoms with Gasteiger partial charge in [0.25, 0.3) is 5.91 Å². The molecule has 3 N–H and O–H groups in total. The number of aryl methyl sites for hydroxylation is 1. The van der Waals surface area contributed by atoms with Crippen molar-refractivity contribution in [2.45, 2.75) is 51.2 Å². The third-order valence-corrected chi connectivity index (χ3v) is 4.07. The van der Waals surface area contributed by atoms with Gasteiger partial charge in [-0.2, -0.15) is 0 Å². The molecule has 116 valence electrons. The number of rotatable bonds is 6. The monoisotopic (exact) mass is 290 g/mol. The second-order valence-electron chi connectivity index (χ2n) is 5.83. The second-order valence-corrected chi connectivity index (χ2v) is 5.83. The minimum absolute atomic E-state index is 0.00302. The molecular formula is C17H26N2O2. The standard InChI is InChI=1S/C17H26N2O2/c1-13-5-2-3-6-16(13)17(20)19-11-4-12-21-15-9-7-14(18)8-10-15/h2-3,5-6,14-15H,4,7-12,18H2,1H3,(H,19,20). The van der Waals surface area contributed by atoms with Crippen LogP contribution in [-0.4, -0.2) is 31.2 Å². The largest absolute Gasteiger partial charge is 0.378 e. The molecule has 0 aromatic heterocycles. The highest BCUT2D eigenvalue weighted by Gasteiger charge is 2.18. The first-order chi connectivity index (χ1) is 10.2. The van der Waals surface area contributed by atoms with Crippen molar-refractivity contribution in [1.29, 1.82) is 0 Å². The predicted octanol–water partition coefficient (Wildman–Crippen LogP) is 2.40. The molecule has 1 aromatic carbocycles. The van der Waals surface area contributed by atoms with Gasteiger partial charge >= 0.3 is 0 Å². The topological polar surface area (TPSA) is 64.3 Å². The summed E-state index contributed by atoms with van der Waals surface area (Å²) in [6, 6.07) is 7.99. The van der Waals surface area contributed by atoms with E-state index < -0.39 is 0 Å². The lowest BCUT2D eigenvalue weighted by Gasteiger charge is -2.26. The van der Waals surface area contributed by atoms with Crippen molar-refractivity contribution in [2.75, 3.05) is 13.2 Å². The summed E-state index contributed by atoms with van der Waals surface area (Å²) in [5, 5.41) is 2.95. The SMILES string of the molecule is Cc1ccccc1C(=O)NCCCOC1CCC(N)CC1. The van der Waals surface area contributed by atoms with Gasteiger partial charge in [0.2, 0.25) is 0 Å². The summed E-state index contributed by atoms with van der Waals surface area (Å²) in [5.41, 5.74) is 7.63. The molecule has 0 radical (unpaired) electrons. The van der Waals surface area contributed by atoms with Gasteiger partial charge in [-0.1, -0.05) is 18.2 Å². The first-order valence-corrected chi connectivity index (χ1v) is 7.88. The molecule has 2 rings (SSSR count). The van der Waals surface area contributed by atoms with Crippen molar-refractivity contribution in [2.24, 2.45) is 5.73 Å². The van der Waals surface area contributed by atoms with Gasteiger partial charge in [0.05, 0.1) is 6.10 Å². The Morgan fingerprint density at radius 1 is 1.29 bits per heavy atom. The third-order valence-electron chi connectivity index (χ3n) is 4.07. The van der Waals surface area contributed by atoms with Gasteiger partial charge in [-0.3, -0.25) is 4.79 Å². The zero-order valence-corrected chi connectivity index (χ0v) is 12.8. The summed E-state index contributed by atoms with van der Waals surface area (Å²) < 4.78 is 5.84. The number of hydrogen-bond acceptors (Lipinski definition) is 3. The van der Waals surface area contributed by atoms with Gasteiger partial charge in [-0.05, 0) is 50.7 Å². The molecule has 0 aliphatic heterocycles. The molecule has 0 spiro atoms. The van der Waals surface area contributed by atoms with Crippen LogP contribution in [-0.2, 0) is 4.74 Å². The molecule has 0 saturated heterocycles. The molecule has 1 saturated carbocycles. The summed E-state index contributed by atoms with van der Waals surface area (Å²) in [6.45, 7) is 3.30. The maximum atomic E-state index is 12.0. The molecule has 21 heavy (non-hydrogen) atoms. The van der Waals surface area contributed by atoms with Gasteiger partial charge in [0.15, 0.2) is 0 Å². The molecular weight excluding hydrogens is 264 g/mol. The van der Waals surface area contributed by atoms with Crippen molar-refractivity contribution >= 4 is 5.91 Å². The first kappa shape index (κ1) is 16.0. The lowest BCUT2D eigenvalue weighted by Crippen LogP contribution is -2.31. The Hall–Kier alpha value is -1.39. The molecule has 1 aromatic rings. The molecule has 1 amide bonds. The van der Waals surface area contributed by atoms with E-state index >= 15 is 0 Å². The summed E-state index contributed by atoms with van der Waals surface area (Å²) in [7, 11) is 0. The number of benzene rings is 1. The molecule has 0 bridgehead atoms. The van der Waals surface area contributed by atoms with Crippen LogP contribution >= 0.6 is 0 Å². The molecule has 0 heterocycles. The van der Waals surface area contributed by atoms with Gasteiger partial charge in [-0.15, -0.1) is 0 Å². The van der Waals surface area contributed by atoms with Gasteiger partial charge < -0.3 is 15.8 Å². The van der Waals surface area contributed by atoms with Crippen LogP contribution < -0.4 is 11.1 Å². The number of carbonyl (C=O) groups excluding carboxylic acids is 1. The molecule has 4 nitrogen and oxygen atoms in total. The van der Waals surface area contributed by atoms with Crippen molar-refractivity contribution < 1.29 is 9.53 Å². The minimum atomic E-state index is -0.00302. The van der Waals surface area contributed by atoms with Crippen LogP contribution in [0.25, 0.3) is 0 Å². The number of nitrogens with one attached hydrogen (secondary N) is 1. The first-order valence-electron chi connectivity index (χ1n) is 7.88. The van der Waals surface area contributed by atoms with Gasteiger partial charge in [0.1, 0.15) is 0 Å². The number of carbonyl (C=O) groups is 1. The molecule has 0 unspecified atom stereocenters. The summed E-state index contributed by atoms with van der Waals surface area (Å²) in [6.07, 6.45) is 5.47. The number of amides is 1. The lowest BCUT2D eigenvalue weighted by molar-refractivity contribution is 0.0241. The number of hydrogen-bond donors (Lipinski definition) is 2. The van der Waals surface area contributed by atoms with Crippen molar-refractivity contribution in [3.63, 3.8) is 0 Å². The van der Waals surface area contributed by atoms with Crippen LogP contribution in [0.5, 0.6) is 0 Å². The Balaban J connectivity index is 1.60.